The van der Waals surface area contributed by atoms with Crippen LogP contribution in [0.4, 0.5) is 10.8 Å². The topological polar surface area (TPSA) is 92.3 Å². The van der Waals surface area contributed by atoms with Gasteiger partial charge in [0.1, 0.15) is 6.54 Å². The van der Waals surface area contributed by atoms with Gasteiger partial charge in [0, 0.05) is 5.75 Å². The fourth-order valence-electron chi connectivity index (χ4n) is 2.23. The molecule has 1 heterocycles. The Balaban J connectivity index is 2.14. The normalized spacial score (nSPS) is 11.2. The van der Waals surface area contributed by atoms with Gasteiger partial charge in [0.25, 0.3) is 0 Å². The molecule has 140 valence electrons. The predicted octanol–water partition coefficient (Wildman–Crippen LogP) is 2.84. The van der Waals surface area contributed by atoms with Crippen LogP contribution in [0.15, 0.2) is 35.2 Å². The summed E-state index contributed by atoms with van der Waals surface area (Å²) in [7, 11) is -3.62. The van der Waals surface area contributed by atoms with Crippen LogP contribution in [0.3, 0.4) is 0 Å². The third-order valence-electron chi connectivity index (χ3n) is 3.16. The summed E-state index contributed by atoms with van der Waals surface area (Å²) >= 11 is 2.69. The third-order valence-corrected chi connectivity index (χ3v) is 6.27. The van der Waals surface area contributed by atoms with Crippen LogP contribution >= 0.6 is 23.1 Å². The van der Waals surface area contributed by atoms with Gasteiger partial charge in [-0.1, -0.05) is 35.2 Å². The molecule has 7 nitrogen and oxygen atoms in total. The Morgan fingerprint density at radius 1 is 1.31 bits per heavy atom. The number of thioether (sulfide) groups is 1. The first kappa shape index (κ1) is 20.4. The van der Waals surface area contributed by atoms with Gasteiger partial charge in [-0.3, -0.25) is 14.4 Å². The molecule has 0 spiro atoms. The monoisotopic (exact) mass is 412 g/mol. The van der Waals surface area contributed by atoms with E-state index in [1.807, 2.05) is 19.9 Å². The maximum Gasteiger partial charge on any atom is 0.246 e. The minimum absolute atomic E-state index is 0.329. The highest BCUT2D eigenvalue weighted by molar-refractivity contribution is 8.01. The number of carbonyl (C=O) groups is 1. The fourth-order valence-corrected chi connectivity index (χ4v) is 4.60. The number of anilines is 2. The molecule has 0 aliphatic heterocycles. The molecule has 0 saturated carbocycles. The maximum atomic E-state index is 12.3. The van der Waals surface area contributed by atoms with Crippen molar-refractivity contribution in [2.24, 2.45) is 0 Å². The van der Waals surface area contributed by atoms with Gasteiger partial charge in [0.2, 0.25) is 21.1 Å². The van der Waals surface area contributed by atoms with Gasteiger partial charge < -0.3 is 0 Å². The zero-order chi connectivity index (χ0) is 19.3. The van der Waals surface area contributed by atoms with Crippen molar-refractivity contribution in [3.05, 3.63) is 42.0 Å². The largest absolute Gasteiger partial charge is 0.299 e. The van der Waals surface area contributed by atoms with Gasteiger partial charge in [-0.15, -0.1) is 16.8 Å². The summed E-state index contributed by atoms with van der Waals surface area (Å²) in [5, 5.41) is 10.8. The number of amides is 1. The average molecular weight is 413 g/mol. The van der Waals surface area contributed by atoms with Crippen molar-refractivity contribution in [2.75, 3.05) is 28.2 Å². The molecular formula is C16H20N4O3S3. The van der Waals surface area contributed by atoms with Crippen LogP contribution in [-0.2, 0) is 14.8 Å². The minimum atomic E-state index is -3.62. The molecule has 1 amide bonds. The van der Waals surface area contributed by atoms with E-state index >= 15 is 0 Å². The van der Waals surface area contributed by atoms with Crippen LogP contribution in [0.25, 0.3) is 0 Å². The second-order valence-electron chi connectivity index (χ2n) is 5.64. The molecule has 26 heavy (non-hydrogen) atoms. The van der Waals surface area contributed by atoms with E-state index in [1.54, 1.807) is 18.2 Å². The van der Waals surface area contributed by atoms with Gasteiger partial charge in [-0.25, -0.2) is 8.42 Å². The summed E-state index contributed by atoms with van der Waals surface area (Å²) in [6.07, 6.45) is 2.82. The second kappa shape index (κ2) is 8.65. The molecule has 1 aromatic carbocycles. The van der Waals surface area contributed by atoms with Crippen molar-refractivity contribution >= 4 is 49.8 Å². The number of hydrogen-bond donors (Lipinski definition) is 1. The Morgan fingerprint density at radius 2 is 1.96 bits per heavy atom. The smallest absolute Gasteiger partial charge is 0.246 e. The molecular weight excluding hydrogens is 392 g/mol. The van der Waals surface area contributed by atoms with Gasteiger partial charge in [0.05, 0.1) is 11.9 Å². The first-order chi connectivity index (χ1) is 12.2. The molecule has 1 aromatic heterocycles. The van der Waals surface area contributed by atoms with E-state index in [2.05, 4.69) is 22.1 Å². The number of benzene rings is 1. The average Bonchev–Trinajstić information content (AvgIpc) is 2.95. The number of carbonyl (C=O) groups excluding carboxylic acids is 1. The SMILES string of the molecule is C=CCSc1nnc(NC(=O)CN(c2cc(C)cc(C)c2)S(C)(=O)=O)s1. The van der Waals surface area contributed by atoms with Crippen molar-refractivity contribution in [1.82, 2.24) is 10.2 Å². The van der Waals surface area contributed by atoms with Crippen molar-refractivity contribution in [1.29, 1.82) is 0 Å². The van der Waals surface area contributed by atoms with Crippen LogP contribution in [0.5, 0.6) is 0 Å². The van der Waals surface area contributed by atoms with E-state index in [0.717, 1.165) is 21.7 Å². The summed E-state index contributed by atoms with van der Waals surface area (Å²) < 4.78 is 26.1. The van der Waals surface area contributed by atoms with Crippen molar-refractivity contribution < 1.29 is 13.2 Å². The zero-order valence-corrected chi connectivity index (χ0v) is 17.2. The molecule has 0 atom stereocenters. The quantitative estimate of drug-likeness (QED) is 0.407. The maximum absolute atomic E-state index is 12.3. The predicted molar refractivity (Wildman–Crippen MR) is 108 cm³/mol. The van der Waals surface area contributed by atoms with Crippen LogP contribution < -0.4 is 9.62 Å². The fraction of sp³-hybridized carbons (Fsp3) is 0.312. The Labute approximate surface area is 161 Å². The lowest BCUT2D eigenvalue weighted by Gasteiger charge is -2.22. The second-order valence-corrected chi connectivity index (χ2v) is 9.79. The highest BCUT2D eigenvalue weighted by Crippen LogP contribution is 2.26. The highest BCUT2D eigenvalue weighted by atomic mass is 32.2. The number of nitrogens with zero attached hydrogens (tertiary/aromatic N) is 3. The Hall–Kier alpha value is -1.91. The number of rotatable bonds is 8. The number of aryl methyl sites for hydroxylation is 2. The number of aromatic nitrogens is 2. The van der Waals surface area contributed by atoms with Crippen LogP contribution in [-0.4, -0.2) is 43.1 Å². The molecule has 2 rings (SSSR count). The summed E-state index contributed by atoms with van der Waals surface area (Å²) in [5.41, 5.74) is 2.30. The molecule has 0 radical (unpaired) electrons. The molecule has 2 aromatic rings. The van der Waals surface area contributed by atoms with E-state index in [-0.39, 0.29) is 6.54 Å². The van der Waals surface area contributed by atoms with Crippen molar-refractivity contribution in [3.63, 3.8) is 0 Å². The molecule has 0 fully saturated rings. The van der Waals surface area contributed by atoms with Crippen molar-refractivity contribution in [3.8, 4) is 0 Å². The van der Waals surface area contributed by atoms with E-state index in [1.165, 1.54) is 23.1 Å². The van der Waals surface area contributed by atoms with Gasteiger partial charge in [-0.05, 0) is 37.1 Å². The molecule has 0 unspecified atom stereocenters. The molecule has 10 heteroatoms. The third kappa shape index (κ3) is 5.82. The summed E-state index contributed by atoms with van der Waals surface area (Å²) in [6, 6.07) is 5.40. The first-order valence-corrected chi connectivity index (χ1v) is 11.3. The number of nitrogens with one attached hydrogen (secondary N) is 1. The van der Waals surface area contributed by atoms with E-state index in [9.17, 15) is 13.2 Å². The van der Waals surface area contributed by atoms with Gasteiger partial charge in [0.15, 0.2) is 4.34 Å². The lowest BCUT2D eigenvalue weighted by atomic mass is 10.1. The summed E-state index contributed by atoms with van der Waals surface area (Å²) in [5.74, 6) is 0.211. The number of hydrogen-bond acceptors (Lipinski definition) is 7. The summed E-state index contributed by atoms with van der Waals surface area (Å²) in [4.78, 5) is 12.3. The van der Waals surface area contributed by atoms with E-state index in [4.69, 9.17) is 0 Å². The van der Waals surface area contributed by atoms with Gasteiger partial charge >= 0.3 is 0 Å². The van der Waals surface area contributed by atoms with Crippen LogP contribution in [0, 0.1) is 13.8 Å². The molecule has 0 saturated heterocycles. The molecule has 0 bridgehead atoms. The standard InChI is InChI=1S/C16H20N4O3S3/c1-5-6-24-16-19-18-15(25-16)17-14(21)10-20(26(4,22)23)13-8-11(2)7-12(3)9-13/h5,7-9H,1,6,10H2,2-4H3,(H,17,18,21). The highest BCUT2D eigenvalue weighted by Gasteiger charge is 2.22. The Bertz CT molecular complexity index is 889. The minimum Gasteiger partial charge on any atom is -0.299 e. The van der Waals surface area contributed by atoms with Crippen LogP contribution in [0.1, 0.15) is 11.1 Å². The van der Waals surface area contributed by atoms with Gasteiger partial charge in [-0.2, -0.15) is 0 Å². The molecule has 0 aliphatic carbocycles. The molecule has 1 N–H and O–H groups in total. The van der Waals surface area contributed by atoms with Crippen LogP contribution in [0.2, 0.25) is 0 Å². The Kier molecular flexibility index (Phi) is 6.79. The summed E-state index contributed by atoms with van der Waals surface area (Å²) in [6.45, 7) is 7.05. The lowest BCUT2D eigenvalue weighted by molar-refractivity contribution is -0.114. The number of sulfonamides is 1. The molecule has 0 aliphatic rings. The zero-order valence-electron chi connectivity index (χ0n) is 14.7. The Morgan fingerprint density at radius 3 is 2.54 bits per heavy atom. The first-order valence-electron chi connectivity index (χ1n) is 7.62. The lowest BCUT2D eigenvalue weighted by Crippen LogP contribution is -2.37. The van der Waals surface area contributed by atoms with E-state index < -0.39 is 15.9 Å². The van der Waals surface area contributed by atoms with E-state index in [0.29, 0.717) is 20.9 Å². The van der Waals surface area contributed by atoms with Crippen molar-refractivity contribution in [2.45, 2.75) is 18.2 Å².